The standard InChI is InChI=1S/C13H18O5/c1-2-12(14)18-13(3-9-6-15-9,4-10-7-16-10)5-11-8-17-11/h2,9-11H,1,3-8H2. The average Bonchev–Trinajstić information content (AvgIpc) is 3.12. The molecule has 3 unspecified atom stereocenters. The number of ether oxygens (including phenoxy) is 4. The molecule has 0 aliphatic carbocycles. The van der Waals surface area contributed by atoms with E-state index in [0.717, 1.165) is 39.1 Å². The van der Waals surface area contributed by atoms with Crippen LogP contribution >= 0.6 is 0 Å². The molecule has 3 saturated heterocycles. The third-order valence-electron chi connectivity index (χ3n) is 3.49. The van der Waals surface area contributed by atoms with Crippen molar-refractivity contribution in [1.29, 1.82) is 0 Å². The summed E-state index contributed by atoms with van der Waals surface area (Å²) in [6, 6.07) is 0. The largest absolute Gasteiger partial charge is 0.456 e. The number of rotatable bonds is 8. The Morgan fingerprint density at radius 2 is 1.50 bits per heavy atom. The van der Waals surface area contributed by atoms with Gasteiger partial charge in [0.15, 0.2) is 0 Å². The fraction of sp³-hybridized carbons (Fsp3) is 0.769. The van der Waals surface area contributed by atoms with E-state index in [1.165, 1.54) is 6.08 Å². The predicted octanol–water partition coefficient (Wildman–Crippen LogP) is 0.821. The van der Waals surface area contributed by atoms with Crippen LogP contribution in [0, 0.1) is 0 Å². The minimum Gasteiger partial charge on any atom is -0.456 e. The van der Waals surface area contributed by atoms with Crippen molar-refractivity contribution in [3.63, 3.8) is 0 Å². The van der Waals surface area contributed by atoms with E-state index in [2.05, 4.69) is 6.58 Å². The molecule has 5 nitrogen and oxygen atoms in total. The van der Waals surface area contributed by atoms with E-state index in [1.807, 2.05) is 0 Å². The van der Waals surface area contributed by atoms with Gasteiger partial charge in [-0.3, -0.25) is 0 Å². The first-order valence-corrected chi connectivity index (χ1v) is 6.39. The summed E-state index contributed by atoms with van der Waals surface area (Å²) in [5.74, 6) is -0.378. The third kappa shape index (κ3) is 3.31. The van der Waals surface area contributed by atoms with Gasteiger partial charge in [0.25, 0.3) is 0 Å². The summed E-state index contributed by atoms with van der Waals surface area (Å²) in [4.78, 5) is 11.6. The summed E-state index contributed by atoms with van der Waals surface area (Å²) in [7, 11) is 0. The van der Waals surface area contributed by atoms with Gasteiger partial charge >= 0.3 is 5.97 Å². The Hall–Kier alpha value is -0.910. The molecule has 0 radical (unpaired) electrons. The maximum absolute atomic E-state index is 11.6. The molecule has 3 aliphatic rings. The average molecular weight is 254 g/mol. The molecule has 100 valence electrons. The zero-order valence-electron chi connectivity index (χ0n) is 10.3. The highest BCUT2D eigenvalue weighted by Gasteiger charge is 2.48. The maximum Gasteiger partial charge on any atom is 0.330 e. The van der Waals surface area contributed by atoms with Crippen LogP contribution < -0.4 is 0 Å². The van der Waals surface area contributed by atoms with Crippen molar-refractivity contribution < 1.29 is 23.7 Å². The minimum atomic E-state index is -0.519. The topological polar surface area (TPSA) is 63.9 Å². The van der Waals surface area contributed by atoms with Gasteiger partial charge in [-0.15, -0.1) is 0 Å². The molecule has 0 saturated carbocycles. The van der Waals surface area contributed by atoms with Crippen LogP contribution in [-0.4, -0.2) is 49.7 Å². The molecule has 3 atom stereocenters. The summed E-state index contributed by atoms with van der Waals surface area (Å²) in [6.07, 6.45) is 4.02. The van der Waals surface area contributed by atoms with Crippen LogP contribution in [0.5, 0.6) is 0 Å². The number of esters is 1. The van der Waals surface area contributed by atoms with E-state index >= 15 is 0 Å². The second-order valence-electron chi connectivity index (χ2n) is 5.29. The van der Waals surface area contributed by atoms with Crippen LogP contribution in [0.3, 0.4) is 0 Å². The Kier molecular flexibility index (Phi) is 3.13. The van der Waals surface area contributed by atoms with Gasteiger partial charge < -0.3 is 18.9 Å². The highest BCUT2D eigenvalue weighted by molar-refractivity contribution is 5.81. The first-order chi connectivity index (χ1) is 8.69. The molecule has 3 heterocycles. The summed E-state index contributed by atoms with van der Waals surface area (Å²) in [5.41, 5.74) is -0.519. The van der Waals surface area contributed by atoms with Crippen molar-refractivity contribution in [3.8, 4) is 0 Å². The zero-order valence-corrected chi connectivity index (χ0v) is 10.3. The molecular weight excluding hydrogens is 236 g/mol. The Balaban J connectivity index is 1.70. The molecule has 18 heavy (non-hydrogen) atoms. The van der Waals surface area contributed by atoms with E-state index < -0.39 is 5.60 Å². The molecule has 5 heteroatoms. The Morgan fingerprint density at radius 1 is 1.11 bits per heavy atom. The fourth-order valence-electron chi connectivity index (χ4n) is 2.43. The number of epoxide rings is 3. The number of carbonyl (C=O) groups excluding carboxylic acids is 1. The number of hydrogen-bond donors (Lipinski definition) is 0. The Morgan fingerprint density at radius 3 is 1.78 bits per heavy atom. The highest BCUT2D eigenvalue weighted by atomic mass is 16.6. The van der Waals surface area contributed by atoms with E-state index in [9.17, 15) is 4.79 Å². The molecule has 0 N–H and O–H groups in total. The Labute approximate surface area is 106 Å². The lowest BCUT2D eigenvalue weighted by molar-refractivity contribution is -0.157. The van der Waals surface area contributed by atoms with Crippen LogP contribution in [0.2, 0.25) is 0 Å². The molecule has 3 fully saturated rings. The number of hydrogen-bond acceptors (Lipinski definition) is 5. The molecule has 0 aromatic heterocycles. The molecule has 0 amide bonds. The van der Waals surface area contributed by atoms with Crippen LogP contribution in [-0.2, 0) is 23.7 Å². The van der Waals surface area contributed by atoms with Crippen LogP contribution in [0.25, 0.3) is 0 Å². The van der Waals surface area contributed by atoms with Crippen molar-refractivity contribution in [2.75, 3.05) is 19.8 Å². The fourth-order valence-corrected chi connectivity index (χ4v) is 2.43. The van der Waals surface area contributed by atoms with E-state index in [4.69, 9.17) is 18.9 Å². The minimum absolute atomic E-state index is 0.208. The second-order valence-corrected chi connectivity index (χ2v) is 5.29. The molecular formula is C13H18O5. The summed E-state index contributed by atoms with van der Waals surface area (Å²) >= 11 is 0. The molecule has 3 aliphatic heterocycles. The second kappa shape index (κ2) is 4.64. The van der Waals surface area contributed by atoms with Crippen molar-refractivity contribution in [2.24, 2.45) is 0 Å². The van der Waals surface area contributed by atoms with Crippen molar-refractivity contribution >= 4 is 5.97 Å². The van der Waals surface area contributed by atoms with Gasteiger partial charge in [-0.25, -0.2) is 4.79 Å². The van der Waals surface area contributed by atoms with Crippen molar-refractivity contribution in [2.45, 2.75) is 43.2 Å². The van der Waals surface area contributed by atoms with Gasteiger partial charge in [-0.2, -0.15) is 0 Å². The smallest absolute Gasteiger partial charge is 0.330 e. The lowest BCUT2D eigenvalue weighted by Gasteiger charge is -2.32. The zero-order chi connectivity index (χ0) is 12.6. The summed E-state index contributed by atoms with van der Waals surface area (Å²) in [6.45, 7) is 5.72. The maximum atomic E-state index is 11.6. The van der Waals surface area contributed by atoms with Gasteiger partial charge in [-0.1, -0.05) is 6.58 Å². The first-order valence-electron chi connectivity index (χ1n) is 6.39. The van der Waals surface area contributed by atoms with Crippen molar-refractivity contribution in [3.05, 3.63) is 12.7 Å². The molecule has 0 aromatic rings. The van der Waals surface area contributed by atoms with Gasteiger partial charge in [0.1, 0.15) is 5.60 Å². The van der Waals surface area contributed by atoms with Crippen LogP contribution in [0.15, 0.2) is 12.7 Å². The van der Waals surface area contributed by atoms with E-state index in [-0.39, 0.29) is 24.3 Å². The first kappa shape index (κ1) is 12.1. The van der Waals surface area contributed by atoms with E-state index in [1.54, 1.807) is 0 Å². The van der Waals surface area contributed by atoms with Crippen LogP contribution in [0.4, 0.5) is 0 Å². The molecule has 0 spiro atoms. The summed E-state index contributed by atoms with van der Waals surface area (Å²) in [5, 5.41) is 0. The third-order valence-corrected chi connectivity index (χ3v) is 3.49. The quantitative estimate of drug-likeness (QED) is 0.364. The monoisotopic (exact) mass is 254 g/mol. The van der Waals surface area contributed by atoms with Crippen LogP contribution in [0.1, 0.15) is 19.3 Å². The molecule has 3 rings (SSSR count). The van der Waals surface area contributed by atoms with Gasteiger partial charge in [0.2, 0.25) is 0 Å². The van der Waals surface area contributed by atoms with Gasteiger partial charge in [0, 0.05) is 25.3 Å². The molecule has 0 bridgehead atoms. The Bertz CT molecular complexity index is 305. The van der Waals surface area contributed by atoms with E-state index in [0.29, 0.717) is 0 Å². The predicted molar refractivity (Wildman–Crippen MR) is 62.1 cm³/mol. The van der Waals surface area contributed by atoms with Crippen molar-refractivity contribution in [1.82, 2.24) is 0 Å². The lowest BCUT2D eigenvalue weighted by atomic mass is 9.87. The molecule has 0 aromatic carbocycles. The lowest BCUT2D eigenvalue weighted by Crippen LogP contribution is -2.39. The highest BCUT2D eigenvalue weighted by Crippen LogP contribution is 2.39. The number of carbonyl (C=O) groups is 1. The summed E-state index contributed by atoms with van der Waals surface area (Å²) < 4.78 is 21.5. The van der Waals surface area contributed by atoms with Gasteiger partial charge in [0.05, 0.1) is 38.1 Å². The van der Waals surface area contributed by atoms with Gasteiger partial charge in [-0.05, 0) is 0 Å². The SMILES string of the molecule is C=CC(=O)OC(CC1CO1)(CC1CO1)CC1CO1. The normalized spacial score (nSPS) is 35.4.